The summed E-state index contributed by atoms with van der Waals surface area (Å²) < 4.78 is 0. The van der Waals surface area contributed by atoms with E-state index in [4.69, 9.17) is 0 Å². The summed E-state index contributed by atoms with van der Waals surface area (Å²) in [5.41, 5.74) is 1.64. The molecular formula is C14H19Cl2N3OS. The second-order valence-electron chi connectivity index (χ2n) is 4.25. The molecule has 1 aromatic heterocycles. The first-order valence-electron chi connectivity index (χ1n) is 6.23. The Morgan fingerprint density at radius 1 is 1.24 bits per heavy atom. The Labute approximate surface area is 141 Å². The minimum absolute atomic E-state index is 0. The summed E-state index contributed by atoms with van der Waals surface area (Å²) in [6.07, 6.45) is 3.01. The highest BCUT2D eigenvalue weighted by molar-refractivity contribution is 7.98. The molecule has 0 saturated carbocycles. The lowest BCUT2D eigenvalue weighted by Gasteiger charge is -2.06. The number of aryl methyl sites for hydroxylation is 1. The first kappa shape index (κ1) is 20.0. The van der Waals surface area contributed by atoms with Crippen molar-refractivity contribution in [3.05, 3.63) is 35.8 Å². The maximum absolute atomic E-state index is 12.0. The van der Waals surface area contributed by atoms with Crippen molar-refractivity contribution in [2.24, 2.45) is 0 Å². The predicted octanol–water partition coefficient (Wildman–Crippen LogP) is 3.26. The average molecular weight is 348 g/mol. The van der Waals surface area contributed by atoms with Crippen LogP contribution in [0.4, 0.5) is 0 Å². The Morgan fingerprint density at radius 2 is 1.95 bits per heavy atom. The van der Waals surface area contributed by atoms with Crippen molar-refractivity contribution < 1.29 is 4.79 Å². The standard InChI is InChI=1S/C14H17N3OS.2ClH/c1-10-11-6-3-4-7-12(11)17-13(16-10)14(18)15-8-5-9-19-2;;/h3-4,6-7H,5,8-9H2,1-2H3,(H,15,18);2*1H. The molecule has 1 N–H and O–H groups in total. The Hall–Kier alpha value is -1.04. The largest absolute Gasteiger partial charge is 0.349 e. The summed E-state index contributed by atoms with van der Waals surface area (Å²) >= 11 is 1.77. The molecule has 1 heterocycles. The minimum atomic E-state index is -0.199. The molecule has 1 aromatic carbocycles. The molecule has 4 nitrogen and oxygen atoms in total. The molecule has 7 heteroatoms. The summed E-state index contributed by atoms with van der Waals surface area (Å²) in [5.74, 6) is 1.09. The number of nitrogens with zero attached hydrogens (tertiary/aromatic N) is 2. The highest BCUT2D eigenvalue weighted by Crippen LogP contribution is 2.14. The number of para-hydroxylation sites is 1. The lowest BCUT2D eigenvalue weighted by molar-refractivity contribution is 0.0943. The van der Waals surface area contributed by atoms with Crippen molar-refractivity contribution >= 4 is 53.4 Å². The fraction of sp³-hybridized carbons (Fsp3) is 0.357. The quantitative estimate of drug-likeness (QED) is 0.843. The molecule has 0 bridgehead atoms. The van der Waals surface area contributed by atoms with Crippen molar-refractivity contribution in [1.82, 2.24) is 15.3 Å². The molecule has 116 valence electrons. The van der Waals surface area contributed by atoms with Crippen molar-refractivity contribution in [3.8, 4) is 0 Å². The molecular weight excluding hydrogens is 329 g/mol. The Kier molecular flexibility index (Phi) is 9.33. The number of fused-ring (bicyclic) bond motifs is 1. The third-order valence-corrected chi connectivity index (χ3v) is 3.50. The van der Waals surface area contributed by atoms with Crippen LogP contribution in [0.15, 0.2) is 24.3 Å². The number of aromatic nitrogens is 2. The number of hydrogen-bond acceptors (Lipinski definition) is 4. The summed E-state index contributed by atoms with van der Waals surface area (Å²) in [6.45, 7) is 2.56. The fourth-order valence-electron chi connectivity index (χ4n) is 1.83. The van der Waals surface area contributed by atoms with Crippen LogP contribution in [0.5, 0.6) is 0 Å². The Balaban J connectivity index is 0.00000200. The normalized spacial score (nSPS) is 9.62. The molecule has 0 saturated heterocycles. The highest BCUT2D eigenvalue weighted by atomic mass is 35.5. The van der Waals surface area contributed by atoms with Gasteiger partial charge in [0, 0.05) is 17.6 Å². The summed E-state index contributed by atoms with van der Waals surface area (Å²) in [4.78, 5) is 20.5. The lowest BCUT2D eigenvalue weighted by Crippen LogP contribution is -2.27. The first-order valence-corrected chi connectivity index (χ1v) is 7.62. The van der Waals surface area contributed by atoms with Gasteiger partial charge >= 0.3 is 0 Å². The van der Waals surface area contributed by atoms with Crippen molar-refractivity contribution in [2.75, 3.05) is 18.6 Å². The van der Waals surface area contributed by atoms with Gasteiger partial charge in [-0.2, -0.15) is 11.8 Å². The van der Waals surface area contributed by atoms with Crippen molar-refractivity contribution in [3.63, 3.8) is 0 Å². The number of hydrogen-bond donors (Lipinski definition) is 1. The van der Waals surface area contributed by atoms with Crippen LogP contribution in [-0.2, 0) is 0 Å². The van der Waals surface area contributed by atoms with Gasteiger partial charge in [0.05, 0.1) is 5.52 Å². The average Bonchev–Trinajstić information content (AvgIpc) is 2.43. The van der Waals surface area contributed by atoms with Gasteiger partial charge in [-0.05, 0) is 31.4 Å². The van der Waals surface area contributed by atoms with Crippen LogP contribution < -0.4 is 5.32 Å². The van der Waals surface area contributed by atoms with E-state index in [0.29, 0.717) is 6.54 Å². The molecule has 0 aliphatic rings. The van der Waals surface area contributed by atoms with Gasteiger partial charge in [-0.15, -0.1) is 24.8 Å². The second-order valence-corrected chi connectivity index (χ2v) is 5.24. The maximum atomic E-state index is 12.0. The zero-order valence-corrected chi connectivity index (χ0v) is 14.4. The molecule has 0 aliphatic carbocycles. The van der Waals surface area contributed by atoms with Crippen LogP contribution in [0.3, 0.4) is 0 Å². The molecule has 0 unspecified atom stereocenters. The first-order chi connectivity index (χ1) is 9.22. The maximum Gasteiger partial charge on any atom is 0.289 e. The number of halogens is 2. The molecule has 2 rings (SSSR count). The van der Waals surface area contributed by atoms with Crippen LogP contribution in [0.2, 0.25) is 0 Å². The number of nitrogens with one attached hydrogen (secondary N) is 1. The Morgan fingerprint density at radius 3 is 2.67 bits per heavy atom. The highest BCUT2D eigenvalue weighted by Gasteiger charge is 2.11. The molecule has 0 atom stereocenters. The van der Waals surface area contributed by atoms with E-state index in [1.807, 2.05) is 31.2 Å². The van der Waals surface area contributed by atoms with Crippen LogP contribution in [0, 0.1) is 6.92 Å². The van der Waals surface area contributed by atoms with Crippen molar-refractivity contribution in [2.45, 2.75) is 13.3 Å². The third kappa shape index (κ3) is 5.34. The van der Waals surface area contributed by atoms with Crippen LogP contribution >= 0.6 is 36.6 Å². The van der Waals surface area contributed by atoms with E-state index in [1.54, 1.807) is 11.8 Å². The molecule has 0 fully saturated rings. The van der Waals surface area contributed by atoms with Gasteiger partial charge in [0.25, 0.3) is 5.91 Å². The fourth-order valence-corrected chi connectivity index (χ4v) is 2.27. The second kappa shape index (κ2) is 9.82. The third-order valence-electron chi connectivity index (χ3n) is 2.81. The summed E-state index contributed by atoms with van der Waals surface area (Å²) in [6, 6.07) is 7.72. The van der Waals surface area contributed by atoms with Gasteiger partial charge in [0.2, 0.25) is 5.82 Å². The van der Waals surface area contributed by atoms with E-state index in [-0.39, 0.29) is 36.5 Å². The van der Waals surface area contributed by atoms with E-state index in [1.165, 1.54) is 0 Å². The molecule has 0 aliphatic heterocycles. The van der Waals surface area contributed by atoms with Gasteiger partial charge in [-0.25, -0.2) is 9.97 Å². The SMILES string of the molecule is CSCCCNC(=O)c1nc(C)c2ccccc2n1.Cl.Cl. The minimum Gasteiger partial charge on any atom is -0.349 e. The van der Waals surface area contributed by atoms with E-state index >= 15 is 0 Å². The summed E-state index contributed by atoms with van der Waals surface area (Å²) in [7, 11) is 0. The van der Waals surface area contributed by atoms with Gasteiger partial charge in [0.1, 0.15) is 0 Å². The van der Waals surface area contributed by atoms with Crippen molar-refractivity contribution in [1.29, 1.82) is 0 Å². The topological polar surface area (TPSA) is 54.9 Å². The molecule has 21 heavy (non-hydrogen) atoms. The zero-order valence-electron chi connectivity index (χ0n) is 12.0. The van der Waals surface area contributed by atoms with Gasteiger partial charge in [-0.3, -0.25) is 4.79 Å². The van der Waals surface area contributed by atoms with Crippen LogP contribution in [0.1, 0.15) is 22.7 Å². The number of rotatable bonds is 5. The molecule has 0 spiro atoms. The number of carbonyl (C=O) groups excluding carboxylic acids is 1. The van der Waals surface area contributed by atoms with Gasteiger partial charge < -0.3 is 5.32 Å². The van der Waals surface area contributed by atoms with E-state index in [2.05, 4.69) is 21.5 Å². The van der Waals surface area contributed by atoms with E-state index < -0.39 is 0 Å². The molecule has 2 aromatic rings. The van der Waals surface area contributed by atoms with Gasteiger partial charge in [0.15, 0.2) is 0 Å². The predicted molar refractivity (Wildman–Crippen MR) is 94.1 cm³/mol. The number of amides is 1. The zero-order chi connectivity index (χ0) is 13.7. The lowest BCUT2D eigenvalue weighted by atomic mass is 10.2. The number of carbonyl (C=O) groups is 1. The number of thioether (sulfide) groups is 1. The monoisotopic (exact) mass is 347 g/mol. The van der Waals surface area contributed by atoms with Gasteiger partial charge in [-0.1, -0.05) is 18.2 Å². The van der Waals surface area contributed by atoms with E-state index in [9.17, 15) is 4.79 Å². The molecule has 1 amide bonds. The summed E-state index contributed by atoms with van der Waals surface area (Å²) in [5, 5.41) is 3.84. The van der Waals surface area contributed by atoms with Crippen LogP contribution in [-0.4, -0.2) is 34.4 Å². The molecule has 0 radical (unpaired) electrons. The van der Waals surface area contributed by atoms with E-state index in [0.717, 1.165) is 28.8 Å². The van der Waals surface area contributed by atoms with Crippen LogP contribution in [0.25, 0.3) is 10.9 Å². The smallest absolute Gasteiger partial charge is 0.289 e. The Bertz CT molecular complexity index is 595. The number of benzene rings is 1.